The molecule has 0 unspecified atom stereocenters. The van der Waals surface area contributed by atoms with Crippen molar-refractivity contribution in [2.75, 3.05) is 18.0 Å². The maximum Gasteiger partial charge on any atom is 0.267 e. The Kier molecular flexibility index (Phi) is 6.74. The van der Waals surface area contributed by atoms with Crippen LogP contribution in [0.2, 0.25) is 0 Å². The Morgan fingerprint density at radius 2 is 1.78 bits per heavy atom. The minimum absolute atomic E-state index is 0.175. The summed E-state index contributed by atoms with van der Waals surface area (Å²) in [5.41, 5.74) is 2.84. The van der Waals surface area contributed by atoms with Crippen molar-refractivity contribution in [2.24, 2.45) is 11.8 Å². The zero-order valence-corrected chi connectivity index (χ0v) is 22.6. The number of carbonyl (C=O) groups is 1. The standard InChI is InChI=1S/C28H30N4O2S2/c1-17-10-11-24-29-25(30-14-18(2)12-19(3)15-30)22(26(33)31(24)16-17)13-23-27(34)32(28(35)36-23)20(4)21-8-6-5-7-9-21/h5-11,13,16,18-20H,12,14-15H2,1-4H3/b23-13+/t18-,19-,20+/m0/s1. The number of piperidine rings is 1. The van der Waals surface area contributed by atoms with Gasteiger partial charge in [0.2, 0.25) is 0 Å². The molecule has 1 amide bonds. The average molecular weight is 519 g/mol. The molecule has 8 heteroatoms. The third-order valence-electron chi connectivity index (χ3n) is 6.92. The largest absolute Gasteiger partial charge is 0.355 e. The Morgan fingerprint density at radius 1 is 1.08 bits per heavy atom. The number of hydrogen-bond donors (Lipinski definition) is 0. The molecule has 0 N–H and O–H groups in total. The number of rotatable bonds is 4. The molecule has 2 aromatic heterocycles. The quantitative estimate of drug-likeness (QED) is 0.338. The van der Waals surface area contributed by atoms with Crippen molar-refractivity contribution in [1.82, 2.24) is 14.3 Å². The second kappa shape index (κ2) is 9.82. The lowest BCUT2D eigenvalue weighted by molar-refractivity contribution is -0.123. The van der Waals surface area contributed by atoms with Crippen LogP contribution in [0.25, 0.3) is 11.7 Å². The monoisotopic (exact) mass is 518 g/mol. The van der Waals surface area contributed by atoms with Gasteiger partial charge in [0.1, 0.15) is 15.8 Å². The lowest BCUT2D eigenvalue weighted by atomic mass is 9.91. The van der Waals surface area contributed by atoms with E-state index >= 15 is 0 Å². The van der Waals surface area contributed by atoms with Gasteiger partial charge in [0, 0.05) is 19.3 Å². The van der Waals surface area contributed by atoms with E-state index in [4.69, 9.17) is 17.2 Å². The van der Waals surface area contributed by atoms with E-state index in [2.05, 4.69) is 18.7 Å². The Balaban J connectivity index is 1.61. The number of fused-ring (bicyclic) bond motifs is 1. The molecule has 0 saturated carbocycles. The van der Waals surface area contributed by atoms with E-state index in [1.54, 1.807) is 21.6 Å². The van der Waals surface area contributed by atoms with Crippen LogP contribution in [0, 0.1) is 18.8 Å². The van der Waals surface area contributed by atoms with Gasteiger partial charge in [-0.2, -0.15) is 0 Å². The lowest BCUT2D eigenvalue weighted by Crippen LogP contribution is -2.40. The van der Waals surface area contributed by atoms with Crippen LogP contribution in [-0.2, 0) is 4.79 Å². The molecule has 5 rings (SSSR count). The molecule has 3 atom stereocenters. The third-order valence-corrected chi connectivity index (χ3v) is 8.25. The third kappa shape index (κ3) is 4.60. The summed E-state index contributed by atoms with van der Waals surface area (Å²) in [6.45, 7) is 10.0. The van der Waals surface area contributed by atoms with Crippen molar-refractivity contribution >= 4 is 51.7 Å². The van der Waals surface area contributed by atoms with Crippen LogP contribution in [0.1, 0.15) is 49.9 Å². The molecule has 6 nitrogen and oxygen atoms in total. The number of benzene rings is 1. The van der Waals surface area contributed by atoms with Crippen molar-refractivity contribution in [1.29, 1.82) is 0 Å². The maximum atomic E-state index is 13.8. The predicted molar refractivity (Wildman–Crippen MR) is 151 cm³/mol. The topological polar surface area (TPSA) is 57.9 Å². The summed E-state index contributed by atoms with van der Waals surface area (Å²) in [7, 11) is 0. The normalized spacial score (nSPS) is 22.6. The van der Waals surface area contributed by atoms with E-state index in [1.807, 2.05) is 56.3 Å². The first-order chi connectivity index (χ1) is 17.2. The van der Waals surface area contributed by atoms with E-state index < -0.39 is 0 Å². The first kappa shape index (κ1) is 24.7. The number of thioether (sulfide) groups is 1. The molecule has 2 fully saturated rings. The summed E-state index contributed by atoms with van der Waals surface area (Å²) in [5.74, 6) is 1.44. The Hall–Kier alpha value is -2.97. The summed E-state index contributed by atoms with van der Waals surface area (Å²) in [5, 5.41) is 0. The fourth-order valence-corrected chi connectivity index (χ4v) is 6.68. The Morgan fingerprint density at radius 3 is 2.47 bits per heavy atom. The fraction of sp³-hybridized carbons (Fsp3) is 0.357. The molecule has 0 spiro atoms. The van der Waals surface area contributed by atoms with Crippen LogP contribution in [0.4, 0.5) is 5.82 Å². The van der Waals surface area contributed by atoms with Gasteiger partial charge < -0.3 is 4.90 Å². The molecular formula is C28H30N4O2S2. The van der Waals surface area contributed by atoms with Gasteiger partial charge in [-0.25, -0.2) is 4.98 Å². The highest BCUT2D eigenvalue weighted by Crippen LogP contribution is 2.39. The smallest absolute Gasteiger partial charge is 0.267 e. The van der Waals surface area contributed by atoms with Crippen LogP contribution in [0.5, 0.6) is 0 Å². The zero-order valence-electron chi connectivity index (χ0n) is 21.0. The SMILES string of the molecule is Cc1ccc2nc(N3C[C@@H](C)C[C@H](C)C3)c(/C=C3/SC(=S)N([C@H](C)c4ccccc4)C3=O)c(=O)n2c1. The van der Waals surface area contributed by atoms with Gasteiger partial charge >= 0.3 is 0 Å². The molecule has 4 heterocycles. The molecule has 186 valence electrons. The highest BCUT2D eigenvalue weighted by Gasteiger charge is 2.37. The van der Waals surface area contributed by atoms with Gasteiger partial charge in [-0.3, -0.25) is 18.9 Å². The van der Waals surface area contributed by atoms with Crippen LogP contribution < -0.4 is 10.5 Å². The summed E-state index contributed by atoms with van der Waals surface area (Å²) in [4.78, 5) is 36.6. The van der Waals surface area contributed by atoms with Gasteiger partial charge in [0.25, 0.3) is 11.5 Å². The maximum absolute atomic E-state index is 13.8. The molecule has 2 saturated heterocycles. The van der Waals surface area contributed by atoms with Crippen molar-refractivity contribution in [3.63, 3.8) is 0 Å². The minimum Gasteiger partial charge on any atom is -0.355 e. The van der Waals surface area contributed by atoms with Gasteiger partial charge in [0.15, 0.2) is 0 Å². The summed E-state index contributed by atoms with van der Waals surface area (Å²) in [6, 6.07) is 13.5. The van der Waals surface area contributed by atoms with E-state index in [0.717, 1.165) is 30.6 Å². The van der Waals surface area contributed by atoms with E-state index in [0.29, 0.717) is 38.1 Å². The highest BCUT2D eigenvalue weighted by molar-refractivity contribution is 8.26. The molecule has 36 heavy (non-hydrogen) atoms. The number of aromatic nitrogens is 2. The summed E-state index contributed by atoms with van der Waals surface area (Å²) in [6.07, 6.45) is 4.66. The number of aryl methyl sites for hydroxylation is 1. The number of pyridine rings is 1. The summed E-state index contributed by atoms with van der Waals surface area (Å²) >= 11 is 6.87. The molecule has 2 aliphatic rings. The second-order valence-corrected chi connectivity index (χ2v) is 11.8. The van der Waals surface area contributed by atoms with Gasteiger partial charge in [0.05, 0.1) is 16.5 Å². The van der Waals surface area contributed by atoms with Gasteiger partial charge in [-0.1, -0.05) is 74.2 Å². The number of carbonyl (C=O) groups excluding carboxylic acids is 1. The molecule has 0 bridgehead atoms. The first-order valence-corrected chi connectivity index (χ1v) is 13.6. The summed E-state index contributed by atoms with van der Waals surface area (Å²) < 4.78 is 2.07. The number of amides is 1. The average Bonchev–Trinajstić information content (AvgIpc) is 3.13. The first-order valence-electron chi connectivity index (χ1n) is 12.3. The van der Waals surface area contributed by atoms with Crippen molar-refractivity contribution in [3.8, 4) is 0 Å². The molecular weight excluding hydrogens is 488 g/mol. The van der Waals surface area contributed by atoms with E-state index in [-0.39, 0.29) is 17.5 Å². The second-order valence-electron chi connectivity index (χ2n) is 10.1. The highest BCUT2D eigenvalue weighted by atomic mass is 32.2. The van der Waals surface area contributed by atoms with Crippen LogP contribution in [-0.4, -0.2) is 37.6 Å². The molecule has 0 aliphatic carbocycles. The molecule has 3 aromatic rings. The van der Waals surface area contributed by atoms with Crippen molar-refractivity contribution in [3.05, 3.63) is 80.6 Å². The zero-order chi connectivity index (χ0) is 25.6. The number of nitrogens with zero attached hydrogens (tertiary/aromatic N) is 4. The number of hydrogen-bond acceptors (Lipinski definition) is 6. The fourth-order valence-electron chi connectivity index (χ4n) is 5.28. The lowest BCUT2D eigenvalue weighted by Gasteiger charge is -2.36. The van der Waals surface area contributed by atoms with Crippen LogP contribution >= 0.6 is 24.0 Å². The van der Waals surface area contributed by atoms with Crippen LogP contribution in [0.15, 0.2) is 58.4 Å². The Bertz CT molecular complexity index is 1420. The number of anilines is 1. The molecule has 1 aromatic carbocycles. The number of thiocarbonyl (C=S) groups is 1. The van der Waals surface area contributed by atoms with Crippen LogP contribution in [0.3, 0.4) is 0 Å². The van der Waals surface area contributed by atoms with Crippen molar-refractivity contribution in [2.45, 2.75) is 40.2 Å². The molecule has 2 aliphatic heterocycles. The van der Waals surface area contributed by atoms with Gasteiger partial charge in [-0.15, -0.1) is 0 Å². The van der Waals surface area contributed by atoms with Crippen molar-refractivity contribution < 1.29 is 4.79 Å². The molecule has 0 radical (unpaired) electrons. The van der Waals surface area contributed by atoms with E-state index in [1.165, 1.54) is 11.8 Å². The minimum atomic E-state index is -0.202. The van der Waals surface area contributed by atoms with Gasteiger partial charge in [-0.05, 0) is 55.4 Å². The Labute approximate surface area is 221 Å². The van der Waals surface area contributed by atoms with E-state index in [9.17, 15) is 9.59 Å². The predicted octanol–water partition coefficient (Wildman–Crippen LogP) is 5.45.